The van der Waals surface area contributed by atoms with Crippen LogP contribution in [0.2, 0.25) is 0 Å². The summed E-state index contributed by atoms with van der Waals surface area (Å²) < 4.78 is 19.4. The minimum atomic E-state index is -0.536. The molecule has 2 nitrogen and oxygen atoms in total. The molecule has 0 N–H and O–H groups in total. The first kappa shape index (κ1) is 11.7. The third-order valence-electron chi connectivity index (χ3n) is 3.43. The smallest absolute Gasteiger partial charge is 0.144 e. The summed E-state index contributed by atoms with van der Waals surface area (Å²) in [7, 11) is 0. The minimum Gasteiger partial charge on any atom is -0.484 e. The van der Waals surface area contributed by atoms with Crippen LogP contribution in [0.15, 0.2) is 42.5 Å². The van der Waals surface area contributed by atoms with E-state index in [-0.39, 0.29) is 11.7 Å². The van der Waals surface area contributed by atoms with Gasteiger partial charge in [-0.1, -0.05) is 30.3 Å². The summed E-state index contributed by atoms with van der Waals surface area (Å²) in [4.78, 5) is 0. The normalized spacial score (nSPS) is 16.7. The maximum Gasteiger partial charge on any atom is 0.144 e. The number of rotatable bonds is 2. The van der Waals surface area contributed by atoms with E-state index < -0.39 is 5.82 Å². The first-order valence-electron chi connectivity index (χ1n) is 6.22. The zero-order chi connectivity index (χ0) is 13.2. The molecule has 3 heteroatoms. The van der Waals surface area contributed by atoms with Crippen molar-refractivity contribution < 1.29 is 9.13 Å². The first-order valence-corrected chi connectivity index (χ1v) is 6.22. The number of hydrogen-bond acceptors (Lipinski definition) is 2. The quantitative estimate of drug-likeness (QED) is 0.816. The Balaban J connectivity index is 1.92. The van der Waals surface area contributed by atoms with Crippen molar-refractivity contribution in [2.45, 2.75) is 18.9 Å². The van der Waals surface area contributed by atoms with Crippen LogP contribution < -0.4 is 4.74 Å². The van der Waals surface area contributed by atoms with Crippen molar-refractivity contribution >= 4 is 0 Å². The van der Waals surface area contributed by atoms with Gasteiger partial charge in [0.05, 0.1) is 0 Å². The highest BCUT2D eigenvalue weighted by atomic mass is 19.1. The molecule has 1 atom stereocenters. The molecular formula is C16H12FNO. The lowest BCUT2D eigenvalue weighted by molar-refractivity contribution is 0.206. The van der Waals surface area contributed by atoms with Gasteiger partial charge in [-0.15, -0.1) is 0 Å². The van der Waals surface area contributed by atoms with Gasteiger partial charge in [-0.3, -0.25) is 0 Å². The van der Waals surface area contributed by atoms with E-state index in [9.17, 15) is 4.39 Å². The Kier molecular flexibility index (Phi) is 2.92. The van der Waals surface area contributed by atoms with Crippen LogP contribution in [0, 0.1) is 17.1 Å². The van der Waals surface area contributed by atoms with E-state index in [4.69, 9.17) is 10.00 Å². The zero-order valence-corrected chi connectivity index (χ0v) is 10.3. The molecule has 0 unspecified atom stereocenters. The Bertz CT molecular complexity index is 660. The molecule has 0 fully saturated rings. The summed E-state index contributed by atoms with van der Waals surface area (Å²) in [5.41, 5.74) is 2.38. The topological polar surface area (TPSA) is 33.0 Å². The van der Waals surface area contributed by atoms with Gasteiger partial charge < -0.3 is 4.74 Å². The highest BCUT2D eigenvalue weighted by molar-refractivity contribution is 5.45. The Morgan fingerprint density at radius 1 is 1.16 bits per heavy atom. The highest BCUT2D eigenvalue weighted by Crippen LogP contribution is 2.36. The maximum atomic E-state index is 13.5. The second-order valence-electron chi connectivity index (χ2n) is 4.57. The Hall–Kier alpha value is -2.34. The summed E-state index contributed by atoms with van der Waals surface area (Å²) in [6, 6.07) is 14.4. The van der Waals surface area contributed by atoms with E-state index in [1.165, 1.54) is 11.6 Å². The van der Waals surface area contributed by atoms with Crippen LogP contribution in [-0.4, -0.2) is 0 Å². The lowest BCUT2D eigenvalue weighted by Crippen LogP contribution is -2.05. The van der Waals surface area contributed by atoms with E-state index in [0.717, 1.165) is 18.4 Å². The third-order valence-corrected chi connectivity index (χ3v) is 3.43. The van der Waals surface area contributed by atoms with Gasteiger partial charge in [0.1, 0.15) is 29.3 Å². The predicted octanol–water partition coefficient (Wildman–Crippen LogP) is 3.76. The Morgan fingerprint density at radius 3 is 2.84 bits per heavy atom. The molecule has 19 heavy (non-hydrogen) atoms. The van der Waals surface area contributed by atoms with Crippen molar-refractivity contribution in [2.75, 3.05) is 0 Å². The van der Waals surface area contributed by atoms with Crippen LogP contribution in [-0.2, 0) is 6.42 Å². The second kappa shape index (κ2) is 4.74. The number of hydrogen-bond donors (Lipinski definition) is 0. The maximum absolute atomic E-state index is 13.5. The molecule has 0 amide bonds. The average Bonchev–Trinajstić information content (AvgIpc) is 2.83. The lowest BCUT2D eigenvalue weighted by Gasteiger charge is -2.16. The molecule has 0 aliphatic heterocycles. The number of benzene rings is 2. The van der Waals surface area contributed by atoms with Crippen LogP contribution in [0.4, 0.5) is 4.39 Å². The van der Waals surface area contributed by atoms with Crippen molar-refractivity contribution in [1.82, 2.24) is 0 Å². The van der Waals surface area contributed by atoms with Crippen LogP contribution in [0.5, 0.6) is 5.75 Å². The fraction of sp³-hybridized carbons (Fsp3) is 0.188. The number of fused-ring (bicyclic) bond motifs is 1. The largest absolute Gasteiger partial charge is 0.484 e. The van der Waals surface area contributed by atoms with Gasteiger partial charge in [0.15, 0.2) is 0 Å². The number of nitrogens with zero attached hydrogens (tertiary/aromatic N) is 1. The van der Waals surface area contributed by atoms with Gasteiger partial charge in [-0.2, -0.15) is 5.26 Å². The highest BCUT2D eigenvalue weighted by Gasteiger charge is 2.24. The molecule has 1 aliphatic rings. The van der Waals surface area contributed by atoms with E-state index in [2.05, 4.69) is 6.07 Å². The van der Waals surface area contributed by atoms with E-state index in [1.54, 1.807) is 12.1 Å². The third kappa shape index (κ3) is 2.06. The van der Waals surface area contributed by atoms with Crippen molar-refractivity contribution in [3.63, 3.8) is 0 Å². The van der Waals surface area contributed by atoms with Gasteiger partial charge in [-0.05, 0) is 36.1 Å². The van der Waals surface area contributed by atoms with Crippen LogP contribution >= 0.6 is 0 Å². The Morgan fingerprint density at radius 2 is 2.00 bits per heavy atom. The average molecular weight is 253 g/mol. The molecule has 2 aromatic carbocycles. The van der Waals surface area contributed by atoms with Gasteiger partial charge in [0.2, 0.25) is 0 Å². The van der Waals surface area contributed by atoms with E-state index >= 15 is 0 Å². The summed E-state index contributed by atoms with van der Waals surface area (Å²) in [6.07, 6.45) is 1.73. The van der Waals surface area contributed by atoms with Crippen LogP contribution in [0.3, 0.4) is 0 Å². The monoisotopic (exact) mass is 253 g/mol. The summed E-state index contributed by atoms with van der Waals surface area (Å²) in [5, 5.41) is 9.00. The molecule has 3 rings (SSSR count). The molecule has 0 bridgehead atoms. The summed E-state index contributed by atoms with van der Waals surface area (Å²) in [6.45, 7) is 0. The van der Waals surface area contributed by atoms with Crippen molar-refractivity contribution in [1.29, 1.82) is 5.26 Å². The van der Waals surface area contributed by atoms with Crippen molar-refractivity contribution in [3.05, 3.63) is 65.0 Å². The molecule has 1 aliphatic carbocycles. The summed E-state index contributed by atoms with van der Waals surface area (Å²) in [5.74, 6) is -0.213. The minimum absolute atomic E-state index is 0.0214. The first-order chi connectivity index (χ1) is 9.29. The van der Waals surface area contributed by atoms with E-state index in [1.807, 2.05) is 24.3 Å². The predicted molar refractivity (Wildman–Crippen MR) is 69.2 cm³/mol. The molecule has 2 aromatic rings. The molecule has 0 aromatic heterocycles. The van der Waals surface area contributed by atoms with Gasteiger partial charge in [0, 0.05) is 0 Å². The van der Waals surface area contributed by atoms with Crippen LogP contribution in [0.25, 0.3) is 0 Å². The van der Waals surface area contributed by atoms with Gasteiger partial charge in [-0.25, -0.2) is 4.39 Å². The number of halogens is 1. The van der Waals surface area contributed by atoms with Crippen molar-refractivity contribution in [2.24, 2.45) is 0 Å². The molecule has 94 valence electrons. The summed E-state index contributed by atoms with van der Waals surface area (Å²) >= 11 is 0. The molecular weight excluding hydrogens is 241 g/mol. The molecule has 0 heterocycles. The standard InChI is InChI=1S/C16H12FNO/c17-14-6-3-7-15(13(14)10-18)19-16-9-8-11-4-1-2-5-12(11)16/h1-7,16H,8-9H2/t16-/m0/s1. The molecule has 0 spiro atoms. The van der Waals surface area contributed by atoms with E-state index in [0.29, 0.717) is 5.75 Å². The second-order valence-corrected chi connectivity index (χ2v) is 4.57. The van der Waals surface area contributed by atoms with Crippen molar-refractivity contribution in [3.8, 4) is 11.8 Å². The Labute approximate surface area is 111 Å². The molecule has 0 radical (unpaired) electrons. The fourth-order valence-corrected chi connectivity index (χ4v) is 2.50. The molecule has 0 saturated carbocycles. The van der Waals surface area contributed by atoms with Gasteiger partial charge in [0.25, 0.3) is 0 Å². The number of aryl methyl sites for hydroxylation is 1. The fourth-order valence-electron chi connectivity index (χ4n) is 2.50. The molecule has 0 saturated heterocycles. The number of ether oxygens (including phenoxy) is 1. The SMILES string of the molecule is N#Cc1c(F)cccc1O[C@H]1CCc2ccccc21. The van der Waals surface area contributed by atoms with Gasteiger partial charge >= 0.3 is 0 Å². The number of nitriles is 1. The zero-order valence-electron chi connectivity index (χ0n) is 10.3. The van der Waals surface area contributed by atoms with Crippen LogP contribution in [0.1, 0.15) is 29.2 Å². The lowest BCUT2D eigenvalue weighted by atomic mass is 10.1.